The number of halogens is 1. The van der Waals surface area contributed by atoms with Crippen LogP contribution in [0, 0.1) is 0 Å². The van der Waals surface area contributed by atoms with Gasteiger partial charge in [0, 0.05) is 11.1 Å². The summed E-state index contributed by atoms with van der Waals surface area (Å²) in [5.74, 6) is -0.00738. The maximum atomic E-state index is 12.2. The normalized spacial score (nSPS) is 19.4. The largest absolute Gasteiger partial charge is 0.397 e. The number of rotatable bonds is 5. The Hall–Kier alpha value is -1.26. The molecule has 5 heteroatoms. The highest BCUT2D eigenvalue weighted by Crippen LogP contribution is 2.23. The molecule has 1 atom stereocenters. The number of likely N-dealkylation sites (tertiary alicyclic amines) is 1. The molecule has 0 radical (unpaired) electrons. The van der Waals surface area contributed by atoms with Crippen molar-refractivity contribution >= 4 is 28.9 Å². The summed E-state index contributed by atoms with van der Waals surface area (Å²) in [5.41, 5.74) is 7.00. The lowest BCUT2D eigenvalue weighted by atomic mass is 9.98. The van der Waals surface area contributed by atoms with Crippen molar-refractivity contribution in [3.63, 3.8) is 0 Å². The van der Waals surface area contributed by atoms with E-state index in [1.165, 1.54) is 19.3 Å². The smallest absolute Gasteiger partial charge is 0.238 e. The molecule has 21 heavy (non-hydrogen) atoms. The number of hydrogen-bond donors (Lipinski definition) is 2. The van der Waals surface area contributed by atoms with E-state index in [-0.39, 0.29) is 5.91 Å². The van der Waals surface area contributed by atoms with Gasteiger partial charge in [-0.15, -0.1) is 0 Å². The zero-order valence-corrected chi connectivity index (χ0v) is 13.3. The fraction of sp³-hybridized carbons (Fsp3) is 0.562. The molecule has 1 aliphatic rings. The third kappa shape index (κ3) is 4.61. The molecule has 0 spiro atoms. The van der Waals surface area contributed by atoms with Crippen LogP contribution in [0.4, 0.5) is 11.4 Å². The first-order chi connectivity index (χ1) is 10.1. The van der Waals surface area contributed by atoms with Crippen molar-refractivity contribution in [1.82, 2.24) is 4.90 Å². The number of nitrogens with zero attached hydrogens (tertiary/aromatic N) is 1. The minimum absolute atomic E-state index is 0.00738. The molecule has 0 bridgehead atoms. The molecule has 1 aromatic carbocycles. The zero-order chi connectivity index (χ0) is 15.2. The number of carbonyl (C=O) groups is 1. The summed E-state index contributed by atoms with van der Waals surface area (Å²) in [6.07, 6.45) is 5.97. The van der Waals surface area contributed by atoms with E-state index in [0.29, 0.717) is 29.0 Å². The molecule has 116 valence electrons. The molecule has 0 aliphatic carbocycles. The Kier molecular flexibility index (Phi) is 5.88. The van der Waals surface area contributed by atoms with Crippen molar-refractivity contribution in [2.75, 3.05) is 24.1 Å². The van der Waals surface area contributed by atoms with Crippen molar-refractivity contribution in [2.24, 2.45) is 0 Å². The summed E-state index contributed by atoms with van der Waals surface area (Å²) in [6, 6.07) is 5.67. The second-order valence-corrected chi connectivity index (χ2v) is 6.12. The first-order valence-electron chi connectivity index (χ1n) is 7.69. The van der Waals surface area contributed by atoms with Crippen LogP contribution >= 0.6 is 11.6 Å². The standard InChI is InChI=1S/C16H24ClN3O/c1-2-5-13-6-3-4-9-20(13)11-16(21)19-15-8-7-12(17)10-14(15)18/h7-8,10,13H,2-6,9,11,18H2,1H3,(H,19,21). The SMILES string of the molecule is CCCC1CCCCN1CC(=O)Nc1ccc(Cl)cc1N. The van der Waals surface area contributed by atoms with Gasteiger partial charge in [0.1, 0.15) is 0 Å². The molecule has 4 nitrogen and oxygen atoms in total. The van der Waals surface area contributed by atoms with Gasteiger partial charge in [0.25, 0.3) is 0 Å². The van der Waals surface area contributed by atoms with Gasteiger partial charge in [-0.25, -0.2) is 0 Å². The highest BCUT2D eigenvalue weighted by Gasteiger charge is 2.23. The Morgan fingerprint density at radius 2 is 2.29 bits per heavy atom. The summed E-state index contributed by atoms with van der Waals surface area (Å²) in [4.78, 5) is 14.5. The van der Waals surface area contributed by atoms with E-state index < -0.39 is 0 Å². The predicted molar refractivity (Wildman–Crippen MR) is 88.6 cm³/mol. The van der Waals surface area contributed by atoms with Crippen LogP contribution in [0.3, 0.4) is 0 Å². The van der Waals surface area contributed by atoms with Gasteiger partial charge in [-0.1, -0.05) is 31.4 Å². The van der Waals surface area contributed by atoms with Gasteiger partial charge in [0.05, 0.1) is 17.9 Å². The number of amides is 1. The molecule has 0 saturated carbocycles. The molecule has 3 N–H and O–H groups in total. The van der Waals surface area contributed by atoms with Gasteiger partial charge in [0.15, 0.2) is 0 Å². The third-order valence-corrected chi connectivity index (χ3v) is 4.24. The maximum Gasteiger partial charge on any atom is 0.238 e. The summed E-state index contributed by atoms with van der Waals surface area (Å²) < 4.78 is 0. The average Bonchev–Trinajstić information content (AvgIpc) is 2.44. The van der Waals surface area contributed by atoms with Gasteiger partial charge in [-0.05, 0) is 44.0 Å². The quantitative estimate of drug-likeness (QED) is 0.818. The monoisotopic (exact) mass is 309 g/mol. The molecular weight excluding hydrogens is 286 g/mol. The summed E-state index contributed by atoms with van der Waals surface area (Å²) >= 11 is 5.86. The van der Waals surface area contributed by atoms with E-state index in [0.717, 1.165) is 19.4 Å². The van der Waals surface area contributed by atoms with Crippen molar-refractivity contribution in [3.8, 4) is 0 Å². The summed E-state index contributed by atoms with van der Waals surface area (Å²) in [6.45, 7) is 3.64. The van der Waals surface area contributed by atoms with Crippen LogP contribution in [0.1, 0.15) is 39.0 Å². The van der Waals surface area contributed by atoms with Crippen LogP contribution < -0.4 is 11.1 Å². The van der Waals surface area contributed by atoms with Crippen molar-refractivity contribution in [2.45, 2.75) is 45.1 Å². The number of anilines is 2. The highest BCUT2D eigenvalue weighted by molar-refractivity contribution is 6.31. The van der Waals surface area contributed by atoms with E-state index in [1.54, 1.807) is 18.2 Å². The van der Waals surface area contributed by atoms with E-state index in [2.05, 4.69) is 17.1 Å². The molecule has 0 aromatic heterocycles. The highest BCUT2D eigenvalue weighted by atomic mass is 35.5. The van der Waals surface area contributed by atoms with Crippen LogP contribution in [0.5, 0.6) is 0 Å². The Balaban J connectivity index is 1.93. The van der Waals surface area contributed by atoms with E-state index in [1.807, 2.05) is 0 Å². The predicted octanol–water partition coefficient (Wildman–Crippen LogP) is 3.52. The Morgan fingerprint density at radius 1 is 1.48 bits per heavy atom. The fourth-order valence-corrected chi connectivity index (χ4v) is 3.13. The van der Waals surface area contributed by atoms with Crippen LogP contribution in [-0.2, 0) is 4.79 Å². The molecule has 1 saturated heterocycles. The molecule has 1 fully saturated rings. The zero-order valence-electron chi connectivity index (χ0n) is 12.6. The van der Waals surface area contributed by atoms with Crippen molar-refractivity contribution in [1.29, 1.82) is 0 Å². The summed E-state index contributed by atoms with van der Waals surface area (Å²) in [7, 11) is 0. The topological polar surface area (TPSA) is 58.4 Å². The van der Waals surface area contributed by atoms with E-state index >= 15 is 0 Å². The van der Waals surface area contributed by atoms with Crippen LogP contribution in [0.2, 0.25) is 5.02 Å². The fourth-order valence-electron chi connectivity index (χ4n) is 2.95. The molecule has 1 aromatic rings. The molecule has 1 unspecified atom stereocenters. The van der Waals surface area contributed by atoms with Crippen LogP contribution in [0.25, 0.3) is 0 Å². The second kappa shape index (κ2) is 7.66. The van der Waals surface area contributed by atoms with Gasteiger partial charge >= 0.3 is 0 Å². The number of hydrogen-bond acceptors (Lipinski definition) is 3. The molecular formula is C16H24ClN3O. The van der Waals surface area contributed by atoms with Gasteiger partial charge < -0.3 is 11.1 Å². The minimum Gasteiger partial charge on any atom is -0.397 e. The lowest BCUT2D eigenvalue weighted by Gasteiger charge is -2.35. The van der Waals surface area contributed by atoms with Crippen LogP contribution in [-0.4, -0.2) is 29.9 Å². The van der Waals surface area contributed by atoms with Crippen LogP contribution in [0.15, 0.2) is 18.2 Å². The maximum absolute atomic E-state index is 12.2. The number of nitrogens with two attached hydrogens (primary N) is 1. The second-order valence-electron chi connectivity index (χ2n) is 5.69. The molecule has 1 aliphatic heterocycles. The number of benzene rings is 1. The molecule has 1 heterocycles. The first kappa shape index (κ1) is 16.1. The van der Waals surface area contributed by atoms with Gasteiger partial charge in [0.2, 0.25) is 5.91 Å². The van der Waals surface area contributed by atoms with Gasteiger partial charge in [-0.2, -0.15) is 0 Å². The number of carbonyl (C=O) groups excluding carboxylic acids is 1. The Labute approximate surface area is 131 Å². The van der Waals surface area contributed by atoms with Crippen molar-refractivity contribution < 1.29 is 4.79 Å². The third-order valence-electron chi connectivity index (χ3n) is 4.01. The van der Waals surface area contributed by atoms with E-state index in [9.17, 15) is 4.79 Å². The first-order valence-corrected chi connectivity index (χ1v) is 8.07. The summed E-state index contributed by atoms with van der Waals surface area (Å²) in [5, 5.41) is 3.46. The van der Waals surface area contributed by atoms with Gasteiger partial charge in [-0.3, -0.25) is 9.69 Å². The number of nitrogen functional groups attached to an aromatic ring is 1. The lowest BCUT2D eigenvalue weighted by molar-refractivity contribution is -0.118. The van der Waals surface area contributed by atoms with E-state index in [4.69, 9.17) is 17.3 Å². The average molecular weight is 310 g/mol. The Morgan fingerprint density at radius 3 is 3.00 bits per heavy atom. The number of nitrogens with one attached hydrogen (secondary N) is 1. The molecule has 2 rings (SSSR count). The van der Waals surface area contributed by atoms with Crippen molar-refractivity contribution in [3.05, 3.63) is 23.2 Å². The Bertz CT molecular complexity index is 490. The minimum atomic E-state index is -0.00738. The lowest BCUT2D eigenvalue weighted by Crippen LogP contribution is -2.43. The number of piperidine rings is 1. The molecule has 1 amide bonds.